The maximum absolute atomic E-state index is 12.7. The third-order valence-electron chi connectivity index (χ3n) is 3.72. The van der Waals surface area contributed by atoms with Crippen LogP contribution in [0.3, 0.4) is 0 Å². The van der Waals surface area contributed by atoms with Crippen molar-refractivity contribution in [2.24, 2.45) is 0 Å². The predicted octanol–water partition coefficient (Wildman–Crippen LogP) is 2.66. The zero-order valence-corrected chi connectivity index (χ0v) is 14.3. The summed E-state index contributed by atoms with van der Waals surface area (Å²) < 4.78 is 38.8. The zero-order chi connectivity index (χ0) is 18.0. The van der Waals surface area contributed by atoms with Gasteiger partial charge in [-0.25, -0.2) is 13.2 Å². The molecule has 0 bridgehead atoms. The van der Waals surface area contributed by atoms with Gasteiger partial charge in [-0.1, -0.05) is 6.07 Å². The van der Waals surface area contributed by atoms with Crippen molar-refractivity contribution < 1.29 is 27.8 Å². The van der Waals surface area contributed by atoms with Gasteiger partial charge in [-0.15, -0.1) is 0 Å². The molecule has 3 rings (SSSR count). The second kappa shape index (κ2) is 6.64. The summed E-state index contributed by atoms with van der Waals surface area (Å²) in [5.41, 5.74) is 0.667. The number of rotatable bonds is 4. The maximum atomic E-state index is 12.7. The van der Waals surface area contributed by atoms with E-state index >= 15 is 0 Å². The summed E-state index contributed by atoms with van der Waals surface area (Å²) in [4.78, 5) is 11.0. The monoisotopic (exact) mass is 363 g/mol. The number of carbonyl (C=O) groups is 1. The van der Waals surface area contributed by atoms with E-state index in [1.54, 1.807) is 25.1 Å². The molecule has 2 N–H and O–H groups in total. The zero-order valence-electron chi connectivity index (χ0n) is 13.5. The van der Waals surface area contributed by atoms with E-state index in [0.717, 1.165) is 12.5 Å². The van der Waals surface area contributed by atoms with E-state index in [2.05, 4.69) is 4.72 Å². The molecular formula is C17H17NO6S. The van der Waals surface area contributed by atoms with Crippen molar-refractivity contribution in [1.29, 1.82) is 0 Å². The molecule has 0 saturated heterocycles. The minimum atomic E-state index is -3.95. The highest BCUT2D eigenvalue weighted by molar-refractivity contribution is 7.92. The molecular weight excluding hydrogens is 346 g/mol. The first-order valence-corrected chi connectivity index (χ1v) is 9.11. The van der Waals surface area contributed by atoms with Gasteiger partial charge in [-0.2, -0.15) is 0 Å². The van der Waals surface area contributed by atoms with Crippen LogP contribution in [0.1, 0.15) is 22.3 Å². The molecule has 0 unspecified atom stereocenters. The number of benzene rings is 2. The van der Waals surface area contributed by atoms with E-state index in [0.29, 0.717) is 36.0 Å². The van der Waals surface area contributed by atoms with E-state index in [1.807, 2.05) is 0 Å². The molecule has 2 aromatic carbocycles. The van der Waals surface area contributed by atoms with Crippen LogP contribution in [0.15, 0.2) is 41.3 Å². The smallest absolute Gasteiger partial charge is 0.335 e. The standard InChI is InChI=1S/C17H17NO6S/c1-11-3-4-12(17(19)20)9-16(11)25(21,22)18-13-5-6-14-15(10-13)24-8-2-7-23-14/h3-6,9-10,18H,2,7-8H2,1H3,(H,19,20). The van der Waals surface area contributed by atoms with Crippen LogP contribution in [-0.4, -0.2) is 32.7 Å². The molecule has 8 heteroatoms. The Hall–Kier alpha value is -2.74. The summed E-state index contributed by atoms with van der Waals surface area (Å²) in [5, 5.41) is 9.07. The Morgan fingerprint density at radius 1 is 1.08 bits per heavy atom. The number of sulfonamides is 1. The molecule has 0 amide bonds. The number of ether oxygens (including phenoxy) is 2. The van der Waals surface area contributed by atoms with Crippen LogP contribution in [0.2, 0.25) is 0 Å². The normalized spacial score (nSPS) is 13.8. The van der Waals surface area contributed by atoms with Crippen LogP contribution < -0.4 is 14.2 Å². The number of carboxylic acids is 1. The Morgan fingerprint density at radius 3 is 2.52 bits per heavy atom. The lowest BCUT2D eigenvalue weighted by molar-refractivity contribution is 0.0696. The average Bonchev–Trinajstić information content (AvgIpc) is 2.79. The van der Waals surface area contributed by atoms with Crippen LogP contribution in [0, 0.1) is 6.92 Å². The van der Waals surface area contributed by atoms with Crippen LogP contribution in [-0.2, 0) is 10.0 Å². The average molecular weight is 363 g/mol. The lowest BCUT2D eigenvalue weighted by Gasteiger charge is -2.13. The first kappa shape index (κ1) is 17.1. The van der Waals surface area contributed by atoms with Crippen LogP contribution >= 0.6 is 0 Å². The molecule has 0 aromatic heterocycles. The fraction of sp³-hybridized carbons (Fsp3) is 0.235. The molecule has 25 heavy (non-hydrogen) atoms. The lowest BCUT2D eigenvalue weighted by Crippen LogP contribution is -2.15. The highest BCUT2D eigenvalue weighted by Crippen LogP contribution is 2.33. The molecule has 1 heterocycles. The number of aromatic carboxylic acids is 1. The number of hydrogen-bond donors (Lipinski definition) is 2. The maximum Gasteiger partial charge on any atom is 0.335 e. The van der Waals surface area contributed by atoms with Crippen molar-refractivity contribution in [3.63, 3.8) is 0 Å². The Labute approximate surface area is 145 Å². The number of nitrogens with one attached hydrogen (secondary N) is 1. The first-order chi connectivity index (χ1) is 11.9. The molecule has 0 fully saturated rings. The number of fused-ring (bicyclic) bond motifs is 1. The molecule has 2 aromatic rings. The van der Waals surface area contributed by atoms with Crippen molar-refractivity contribution in [2.75, 3.05) is 17.9 Å². The van der Waals surface area contributed by atoms with Gasteiger partial charge >= 0.3 is 5.97 Å². The third kappa shape index (κ3) is 3.69. The highest BCUT2D eigenvalue weighted by Gasteiger charge is 2.20. The first-order valence-electron chi connectivity index (χ1n) is 7.63. The summed E-state index contributed by atoms with van der Waals surface area (Å²) in [6, 6.07) is 8.73. The second-order valence-electron chi connectivity index (χ2n) is 5.60. The van der Waals surface area contributed by atoms with Gasteiger partial charge in [0.2, 0.25) is 0 Å². The minimum Gasteiger partial charge on any atom is -0.490 e. The van der Waals surface area contributed by atoms with E-state index in [-0.39, 0.29) is 10.5 Å². The molecule has 0 aliphatic carbocycles. The van der Waals surface area contributed by atoms with Crippen molar-refractivity contribution in [1.82, 2.24) is 0 Å². The Bertz CT molecular complexity index is 923. The van der Waals surface area contributed by atoms with Gasteiger partial charge in [0.05, 0.1) is 29.4 Å². The summed E-state index contributed by atoms with van der Waals surface area (Å²) in [6.07, 6.45) is 0.747. The molecule has 1 aliphatic heterocycles. The van der Waals surface area contributed by atoms with Gasteiger partial charge in [0, 0.05) is 12.5 Å². The fourth-order valence-electron chi connectivity index (χ4n) is 2.46. The quantitative estimate of drug-likeness (QED) is 0.866. The minimum absolute atomic E-state index is 0.0838. The Morgan fingerprint density at radius 2 is 1.80 bits per heavy atom. The Balaban J connectivity index is 1.93. The van der Waals surface area contributed by atoms with Crippen LogP contribution in [0.5, 0.6) is 11.5 Å². The van der Waals surface area contributed by atoms with E-state index < -0.39 is 16.0 Å². The van der Waals surface area contributed by atoms with Crippen molar-refractivity contribution >= 4 is 21.7 Å². The molecule has 0 spiro atoms. The number of anilines is 1. The van der Waals surface area contributed by atoms with Crippen molar-refractivity contribution in [2.45, 2.75) is 18.2 Å². The van der Waals surface area contributed by atoms with Crippen LogP contribution in [0.25, 0.3) is 0 Å². The van der Waals surface area contributed by atoms with Gasteiger partial charge in [0.25, 0.3) is 10.0 Å². The Kier molecular flexibility index (Phi) is 4.54. The van der Waals surface area contributed by atoms with Gasteiger partial charge in [0.1, 0.15) is 0 Å². The summed E-state index contributed by atoms with van der Waals surface area (Å²) >= 11 is 0. The molecule has 0 radical (unpaired) electrons. The summed E-state index contributed by atoms with van der Waals surface area (Å²) in [5.74, 6) is -0.162. The molecule has 0 saturated carbocycles. The van der Waals surface area contributed by atoms with Crippen LogP contribution in [0.4, 0.5) is 5.69 Å². The van der Waals surface area contributed by atoms with Gasteiger partial charge < -0.3 is 14.6 Å². The number of carboxylic acid groups (broad SMARTS) is 1. The third-order valence-corrected chi connectivity index (χ3v) is 5.25. The topological polar surface area (TPSA) is 102 Å². The fourth-order valence-corrected chi connectivity index (χ4v) is 3.78. The lowest BCUT2D eigenvalue weighted by atomic mass is 10.1. The van der Waals surface area contributed by atoms with E-state index in [9.17, 15) is 13.2 Å². The molecule has 132 valence electrons. The highest BCUT2D eigenvalue weighted by atomic mass is 32.2. The summed E-state index contributed by atoms with van der Waals surface area (Å²) in [6.45, 7) is 2.64. The van der Waals surface area contributed by atoms with Crippen molar-refractivity contribution in [3.05, 3.63) is 47.5 Å². The molecule has 1 aliphatic rings. The molecule has 0 atom stereocenters. The van der Waals surface area contributed by atoms with E-state index in [1.165, 1.54) is 12.1 Å². The number of aryl methyl sites for hydroxylation is 1. The molecule has 7 nitrogen and oxygen atoms in total. The van der Waals surface area contributed by atoms with Crippen molar-refractivity contribution in [3.8, 4) is 11.5 Å². The van der Waals surface area contributed by atoms with Gasteiger partial charge in [-0.05, 0) is 36.8 Å². The second-order valence-corrected chi connectivity index (χ2v) is 7.25. The SMILES string of the molecule is Cc1ccc(C(=O)O)cc1S(=O)(=O)Nc1ccc2c(c1)OCCCO2. The van der Waals surface area contributed by atoms with E-state index in [4.69, 9.17) is 14.6 Å². The van der Waals surface area contributed by atoms with Gasteiger partial charge in [0.15, 0.2) is 11.5 Å². The van der Waals surface area contributed by atoms with Gasteiger partial charge in [-0.3, -0.25) is 4.72 Å². The largest absolute Gasteiger partial charge is 0.490 e. The predicted molar refractivity (Wildman–Crippen MR) is 91.0 cm³/mol. The number of hydrogen-bond acceptors (Lipinski definition) is 5. The summed E-state index contributed by atoms with van der Waals surface area (Å²) in [7, 11) is -3.95.